The Kier molecular flexibility index (Phi) is 3.81. The minimum atomic E-state index is -0.355. The van der Waals surface area contributed by atoms with Gasteiger partial charge in [-0.25, -0.2) is 4.39 Å². The third kappa shape index (κ3) is 2.50. The van der Waals surface area contributed by atoms with Crippen molar-refractivity contribution in [2.24, 2.45) is 0 Å². The van der Waals surface area contributed by atoms with Crippen molar-refractivity contribution in [1.82, 2.24) is 5.32 Å². The van der Waals surface area contributed by atoms with Crippen molar-refractivity contribution in [3.8, 4) is 11.5 Å². The first kappa shape index (κ1) is 12.1. The van der Waals surface area contributed by atoms with E-state index in [0.29, 0.717) is 30.2 Å². The SMILES string of the molecule is COc1cc(F)cc(C2CNCCO2)c1OC. The Bertz CT molecular complexity index is 392. The van der Waals surface area contributed by atoms with E-state index in [0.717, 1.165) is 6.54 Å². The van der Waals surface area contributed by atoms with E-state index < -0.39 is 0 Å². The molecule has 0 saturated carbocycles. The number of benzene rings is 1. The summed E-state index contributed by atoms with van der Waals surface area (Å²) >= 11 is 0. The molecular formula is C12H16FNO3. The van der Waals surface area contributed by atoms with E-state index in [1.165, 1.54) is 26.4 Å². The van der Waals surface area contributed by atoms with Gasteiger partial charge in [0.2, 0.25) is 0 Å². The molecule has 2 rings (SSSR count). The molecule has 1 atom stereocenters. The summed E-state index contributed by atoms with van der Waals surface area (Å²) in [4.78, 5) is 0. The lowest BCUT2D eigenvalue weighted by molar-refractivity contribution is 0.0258. The molecular weight excluding hydrogens is 225 g/mol. The lowest BCUT2D eigenvalue weighted by Gasteiger charge is -2.26. The normalized spacial score (nSPS) is 20.1. The smallest absolute Gasteiger partial charge is 0.166 e. The van der Waals surface area contributed by atoms with Crippen LogP contribution in [0.25, 0.3) is 0 Å². The van der Waals surface area contributed by atoms with Crippen LogP contribution in [0, 0.1) is 5.82 Å². The van der Waals surface area contributed by atoms with Crippen molar-refractivity contribution in [1.29, 1.82) is 0 Å². The third-order valence-electron chi connectivity index (χ3n) is 2.75. The van der Waals surface area contributed by atoms with Crippen molar-refractivity contribution in [2.75, 3.05) is 33.9 Å². The molecule has 1 N–H and O–H groups in total. The molecule has 17 heavy (non-hydrogen) atoms. The fraction of sp³-hybridized carbons (Fsp3) is 0.500. The van der Waals surface area contributed by atoms with Crippen LogP contribution in [-0.4, -0.2) is 33.9 Å². The van der Waals surface area contributed by atoms with E-state index in [9.17, 15) is 4.39 Å². The zero-order valence-electron chi connectivity index (χ0n) is 9.96. The molecule has 94 valence electrons. The largest absolute Gasteiger partial charge is 0.493 e. The average molecular weight is 241 g/mol. The molecule has 1 aliphatic rings. The highest BCUT2D eigenvalue weighted by atomic mass is 19.1. The van der Waals surface area contributed by atoms with Gasteiger partial charge in [-0.1, -0.05) is 0 Å². The van der Waals surface area contributed by atoms with Gasteiger partial charge in [0.25, 0.3) is 0 Å². The van der Waals surface area contributed by atoms with E-state index >= 15 is 0 Å². The average Bonchev–Trinajstić information content (AvgIpc) is 2.38. The number of methoxy groups -OCH3 is 2. The van der Waals surface area contributed by atoms with E-state index in [2.05, 4.69) is 5.32 Å². The zero-order chi connectivity index (χ0) is 12.3. The summed E-state index contributed by atoms with van der Waals surface area (Å²) in [5.41, 5.74) is 0.677. The van der Waals surface area contributed by atoms with Crippen LogP contribution >= 0.6 is 0 Å². The summed E-state index contributed by atoms with van der Waals surface area (Å²) in [5, 5.41) is 3.20. The van der Waals surface area contributed by atoms with Crippen molar-refractivity contribution < 1.29 is 18.6 Å². The van der Waals surface area contributed by atoms with Crippen LogP contribution < -0.4 is 14.8 Å². The molecule has 0 bridgehead atoms. The van der Waals surface area contributed by atoms with Gasteiger partial charge in [0.05, 0.1) is 26.9 Å². The Morgan fingerprint density at radius 2 is 2.18 bits per heavy atom. The minimum absolute atomic E-state index is 0.205. The van der Waals surface area contributed by atoms with Crippen LogP contribution in [0.3, 0.4) is 0 Å². The Morgan fingerprint density at radius 1 is 1.35 bits per heavy atom. The summed E-state index contributed by atoms with van der Waals surface area (Å²) in [6.07, 6.45) is -0.205. The predicted molar refractivity (Wildman–Crippen MR) is 61.1 cm³/mol. The lowest BCUT2D eigenvalue weighted by Crippen LogP contribution is -2.33. The van der Waals surface area contributed by atoms with Crippen LogP contribution in [0.5, 0.6) is 11.5 Å². The molecule has 1 saturated heterocycles. The molecule has 1 aliphatic heterocycles. The first-order valence-corrected chi connectivity index (χ1v) is 5.50. The second-order valence-corrected chi connectivity index (χ2v) is 3.79. The quantitative estimate of drug-likeness (QED) is 0.870. The van der Waals surface area contributed by atoms with Crippen molar-refractivity contribution in [2.45, 2.75) is 6.10 Å². The van der Waals surface area contributed by atoms with Gasteiger partial charge in [0, 0.05) is 24.7 Å². The minimum Gasteiger partial charge on any atom is -0.493 e. The number of ether oxygens (including phenoxy) is 3. The highest BCUT2D eigenvalue weighted by Crippen LogP contribution is 2.37. The molecule has 1 unspecified atom stereocenters. The number of morpholine rings is 1. The summed E-state index contributed by atoms with van der Waals surface area (Å²) in [6, 6.07) is 2.73. The Balaban J connectivity index is 2.39. The van der Waals surface area contributed by atoms with Crippen LogP contribution in [-0.2, 0) is 4.74 Å². The van der Waals surface area contributed by atoms with Gasteiger partial charge in [0.1, 0.15) is 5.82 Å². The van der Waals surface area contributed by atoms with Gasteiger partial charge in [0.15, 0.2) is 11.5 Å². The van der Waals surface area contributed by atoms with Gasteiger partial charge < -0.3 is 19.5 Å². The van der Waals surface area contributed by atoms with Crippen LogP contribution in [0.1, 0.15) is 11.7 Å². The first-order chi connectivity index (χ1) is 8.26. The van der Waals surface area contributed by atoms with E-state index in [1.807, 2.05) is 0 Å². The van der Waals surface area contributed by atoms with Gasteiger partial charge in [-0.05, 0) is 6.07 Å². The highest BCUT2D eigenvalue weighted by Gasteiger charge is 2.23. The van der Waals surface area contributed by atoms with Gasteiger partial charge >= 0.3 is 0 Å². The number of rotatable bonds is 3. The highest BCUT2D eigenvalue weighted by molar-refractivity contribution is 5.48. The van der Waals surface area contributed by atoms with E-state index in [4.69, 9.17) is 14.2 Å². The van der Waals surface area contributed by atoms with Crippen LogP contribution in [0.4, 0.5) is 4.39 Å². The Hall–Kier alpha value is -1.33. The maximum Gasteiger partial charge on any atom is 0.166 e. The van der Waals surface area contributed by atoms with Crippen molar-refractivity contribution in [3.63, 3.8) is 0 Å². The third-order valence-corrected chi connectivity index (χ3v) is 2.75. The maximum absolute atomic E-state index is 13.5. The predicted octanol–water partition coefficient (Wildman–Crippen LogP) is 1.50. The Morgan fingerprint density at radius 3 is 2.76 bits per heavy atom. The molecule has 5 heteroatoms. The molecule has 1 aromatic rings. The molecule has 1 heterocycles. The van der Waals surface area contributed by atoms with E-state index in [-0.39, 0.29) is 11.9 Å². The lowest BCUT2D eigenvalue weighted by atomic mass is 10.1. The second kappa shape index (κ2) is 5.33. The number of halogens is 1. The van der Waals surface area contributed by atoms with Gasteiger partial charge in [-0.3, -0.25) is 0 Å². The maximum atomic E-state index is 13.5. The van der Waals surface area contributed by atoms with Gasteiger partial charge in [-0.2, -0.15) is 0 Å². The number of nitrogens with one attached hydrogen (secondary N) is 1. The van der Waals surface area contributed by atoms with Crippen molar-refractivity contribution in [3.05, 3.63) is 23.5 Å². The zero-order valence-corrected chi connectivity index (χ0v) is 9.96. The summed E-state index contributed by atoms with van der Waals surface area (Å²) < 4.78 is 29.5. The summed E-state index contributed by atoms with van der Waals surface area (Å²) in [5.74, 6) is 0.561. The Labute approximate surface area is 99.7 Å². The van der Waals surface area contributed by atoms with Crippen molar-refractivity contribution >= 4 is 0 Å². The standard InChI is InChI=1S/C12H16FNO3/c1-15-10-6-8(13)5-9(12(10)16-2)11-7-14-3-4-17-11/h5-6,11,14H,3-4,7H2,1-2H3. The second-order valence-electron chi connectivity index (χ2n) is 3.79. The van der Waals surface area contributed by atoms with Gasteiger partial charge in [-0.15, -0.1) is 0 Å². The molecule has 4 nitrogen and oxygen atoms in total. The molecule has 0 spiro atoms. The fourth-order valence-corrected chi connectivity index (χ4v) is 1.96. The number of hydrogen-bond donors (Lipinski definition) is 1. The summed E-state index contributed by atoms with van der Waals surface area (Å²) in [7, 11) is 3.02. The molecule has 0 aliphatic carbocycles. The summed E-state index contributed by atoms with van der Waals surface area (Å²) in [6.45, 7) is 2.06. The van der Waals surface area contributed by atoms with E-state index in [1.54, 1.807) is 0 Å². The fourth-order valence-electron chi connectivity index (χ4n) is 1.96. The molecule has 0 amide bonds. The molecule has 0 radical (unpaired) electrons. The van der Waals surface area contributed by atoms with Crippen LogP contribution in [0.15, 0.2) is 12.1 Å². The monoisotopic (exact) mass is 241 g/mol. The van der Waals surface area contributed by atoms with Crippen LogP contribution in [0.2, 0.25) is 0 Å². The molecule has 1 aromatic carbocycles. The first-order valence-electron chi connectivity index (χ1n) is 5.50. The molecule has 1 fully saturated rings. The topological polar surface area (TPSA) is 39.7 Å². The number of hydrogen-bond acceptors (Lipinski definition) is 4. The molecule has 0 aromatic heterocycles.